The highest BCUT2D eigenvalue weighted by atomic mass is 32.3. The second-order valence-corrected chi connectivity index (χ2v) is 42.7. The van der Waals surface area contributed by atoms with E-state index in [0.717, 1.165) is 43.9 Å². The Bertz CT molecular complexity index is 977. The molecule has 0 bridgehead atoms. The van der Waals surface area contributed by atoms with Crippen LogP contribution in [0.3, 0.4) is 0 Å². The van der Waals surface area contributed by atoms with Gasteiger partial charge in [0, 0.05) is 0 Å². The van der Waals surface area contributed by atoms with Crippen LogP contribution in [0.15, 0.2) is 0 Å². The third-order valence-electron chi connectivity index (χ3n) is 11.8. The van der Waals surface area contributed by atoms with Crippen molar-refractivity contribution in [2.45, 2.75) is 194 Å². The van der Waals surface area contributed by atoms with Crippen molar-refractivity contribution < 1.29 is 16.2 Å². The first kappa shape index (κ1) is 40.9. The fourth-order valence-electron chi connectivity index (χ4n) is 9.06. The molecule has 4 nitrogen and oxygen atoms in total. The Balaban J connectivity index is 4.70. The molecule has 0 N–H and O–H groups in total. The summed E-state index contributed by atoms with van der Waals surface area (Å²) in [7, 11) is -16.1. The quantitative estimate of drug-likeness (QED) is 0.106. The van der Waals surface area contributed by atoms with Gasteiger partial charge < -0.3 is 7.74 Å². The topological polar surface area (TPSA) is 52.6 Å². The second-order valence-electron chi connectivity index (χ2n) is 15.1. The van der Waals surface area contributed by atoms with E-state index >= 15 is 8.42 Å². The Morgan fingerprint density at radius 1 is 0.429 bits per heavy atom. The van der Waals surface area contributed by atoms with Crippen molar-refractivity contribution in [2.75, 3.05) is 0 Å². The summed E-state index contributed by atoms with van der Waals surface area (Å²) in [5.74, 6) is 0. The van der Waals surface area contributed by atoms with Crippen molar-refractivity contribution in [3.63, 3.8) is 0 Å². The average molecular weight is 697 g/mol. The summed E-state index contributed by atoms with van der Waals surface area (Å²) in [6.45, 7) is 40.9. The van der Waals surface area contributed by atoms with E-state index in [9.17, 15) is 0 Å². The predicted octanol–water partition coefficient (Wildman–Crippen LogP) is 11.1. The van der Waals surface area contributed by atoms with Gasteiger partial charge in [-0.2, -0.15) is 0 Å². The first-order valence-corrected chi connectivity index (χ1v) is 29.9. The summed E-state index contributed by atoms with van der Waals surface area (Å²) in [4.78, 5) is 0. The first-order chi connectivity index (χ1) is 19.2. The van der Waals surface area contributed by atoms with Crippen molar-refractivity contribution in [1.29, 1.82) is 0 Å². The van der Waals surface area contributed by atoms with Crippen molar-refractivity contribution in [2.24, 2.45) is 0 Å². The highest BCUT2D eigenvalue weighted by Gasteiger charge is 2.64. The molecule has 0 aliphatic carbocycles. The molecule has 0 saturated heterocycles. The Morgan fingerprint density at radius 2 is 0.595 bits per heavy atom. The Hall–Kier alpha value is 0.828. The molecule has 0 aromatic rings. The predicted molar refractivity (Wildman–Crippen MR) is 205 cm³/mol. The summed E-state index contributed by atoms with van der Waals surface area (Å²) < 4.78 is 49.8. The van der Waals surface area contributed by atoms with Gasteiger partial charge in [0.05, 0.1) is 7.64 Å². The van der Waals surface area contributed by atoms with Crippen LogP contribution in [0.5, 0.6) is 0 Å². The maximum Gasteiger partial charge on any atom is 0.221 e. The van der Waals surface area contributed by atoms with Gasteiger partial charge in [0.2, 0.25) is 16.6 Å². The molecule has 0 unspecified atom stereocenters. The SMILES string of the molecule is CC[Si](CC)(CC)C1=S(=O)(O[Si](C(C)C)(C(C)C)C(C)C)C([Si](CC)(CC)CC)=S1(=O)O[Si](C(C)C)(C(C)C)C(C)C. The summed E-state index contributed by atoms with van der Waals surface area (Å²) in [5, 5.41) is 0. The van der Waals surface area contributed by atoms with Gasteiger partial charge >= 0.3 is 0 Å². The fourth-order valence-corrected chi connectivity index (χ4v) is 53.7. The fraction of sp³-hybridized carbons (Fsp3) is 0.938. The molecule has 1 heterocycles. The van der Waals surface area contributed by atoms with Gasteiger partial charge in [-0.1, -0.05) is 161 Å². The zero-order valence-corrected chi connectivity index (χ0v) is 36.8. The van der Waals surface area contributed by atoms with Gasteiger partial charge in [-0.15, -0.1) is 0 Å². The van der Waals surface area contributed by atoms with Crippen LogP contribution in [-0.4, -0.2) is 48.8 Å². The van der Waals surface area contributed by atoms with E-state index in [0.29, 0.717) is 33.2 Å². The molecule has 0 atom stereocenters. The van der Waals surface area contributed by atoms with E-state index in [-0.39, 0.29) is 0 Å². The van der Waals surface area contributed by atoms with Crippen LogP contribution < -0.4 is 0 Å². The van der Waals surface area contributed by atoms with Crippen LogP contribution >= 0.6 is 0 Å². The van der Waals surface area contributed by atoms with E-state index in [1.54, 1.807) is 0 Å². The maximum atomic E-state index is 16.5. The molecule has 10 heteroatoms. The van der Waals surface area contributed by atoms with Crippen molar-refractivity contribution in [3.8, 4) is 0 Å². The van der Waals surface area contributed by atoms with Crippen LogP contribution in [0.2, 0.25) is 69.5 Å². The van der Waals surface area contributed by atoms with E-state index in [1.165, 1.54) is 0 Å². The van der Waals surface area contributed by atoms with Crippen LogP contribution in [0.4, 0.5) is 0 Å². The molecule has 1 aliphatic rings. The molecule has 0 amide bonds. The molecule has 0 aromatic heterocycles. The molecule has 252 valence electrons. The molecule has 42 heavy (non-hydrogen) atoms. The molecule has 1 aliphatic heterocycles. The van der Waals surface area contributed by atoms with Crippen molar-refractivity contribution in [1.82, 2.24) is 0 Å². The lowest BCUT2D eigenvalue weighted by Gasteiger charge is -2.54. The number of hydrogen-bond acceptors (Lipinski definition) is 4. The van der Waals surface area contributed by atoms with Crippen LogP contribution in [0, 0.1) is 0 Å². The minimum atomic E-state index is -3.07. The van der Waals surface area contributed by atoms with E-state index in [4.69, 9.17) is 7.74 Å². The third-order valence-corrected chi connectivity index (χ3v) is 49.7. The van der Waals surface area contributed by atoms with E-state index in [2.05, 4.69) is 125 Å². The Labute approximate surface area is 269 Å². The average Bonchev–Trinajstić information content (AvgIpc) is 2.90. The maximum absolute atomic E-state index is 16.5. The summed E-state index contributed by atoms with van der Waals surface area (Å²) in [5.41, 5.74) is 1.80. The zero-order chi connectivity index (χ0) is 33.3. The van der Waals surface area contributed by atoms with E-state index in [1.807, 2.05) is 0 Å². The lowest BCUT2D eigenvalue weighted by atomic mass is 10.5. The highest BCUT2D eigenvalue weighted by molar-refractivity contribution is 8.53. The normalized spacial score (nSPS) is 23.0. The molecular formula is C32H72O4S2Si4. The van der Waals surface area contributed by atoms with Gasteiger partial charge in [-0.05, 0) is 33.2 Å². The Kier molecular flexibility index (Phi) is 14.3. The zero-order valence-electron chi connectivity index (χ0n) is 31.2. The Morgan fingerprint density at radius 3 is 0.714 bits per heavy atom. The third kappa shape index (κ3) is 6.12. The minimum Gasteiger partial charge on any atom is -0.337 e. The summed E-state index contributed by atoms with van der Waals surface area (Å²) >= 11 is 0. The lowest BCUT2D eigenvalue weighted by molar-refractivity contribution is 0.497. The van der Waals surface area contributed by atoms with Crippen LogP contribution in [0.25, 0.3) is 0 Å². The van der Waals surface area contributed by atoms with Crippen molar-refractivity contribution in [3.05, 3.63) is 0 Å². The highest BCUT2D eigenvalue weighted by Crippen LogP contribution is 2.51. The second kappa shape index (κ2) is 14.7. The van der Waals surface area contributed by atoms with Gasteiger partial charge in [-0.3, -0.25) is 0 Å². The summed E-state index contributed by atoms with van der Waals surface area (Å²) in [6.07, 6.45) is 0. The lowest BCUT2D eigenvalue weighted by Crippen LogP contribution is -2.70. The van der Waals surface area contributed by atoms with Gasteiger partial charge in [0.1, 0.15) is 35.8 Å². The molecule has 1 rings (SSSR count). The van der Waals surface area contributed by atoms with Crippen molar-refractivity contribution >= 4 is 60.0 Å². The molecule has 0 fully saturated rings. The van der Waals surface area contributed by atoms with Gasteiger partial charge in [-0.25, -0.2) is 8.42 Å². The molecule has 0 spiro atoms. The molecule has 0 aromatic carbocycles. The van der Waals surface area contributed by atoms with E-state index < -0.39 is 52.4 Å². The standard InChI is InChI=1S/C32H72O4S2Si4/c1-19-39(20-2,21-3)31-37(33,35-41(25(7)8,26(9)10)27(11)12)32(40(22-4,23-5)24-6)38(31,34)36-42(28(13)14,29(15)16)30(17)18/h25-30H,19-24H2,1-18H3. The minimum absolute atomic E-state index is 0.299. The number of hydrogen-bond donors (Lipinski definition) is 0. The molecular weight excluding hydrogens is 625 g/mol. The number of rotatable bonds is 18. The van der Waals surface area contributed by atoms with Gasteiger partial charge in [0.15, 0.2) is 0 Å². The first-order valence-electron chi connectivity index (χ1n) is 17.4. The van der Waals surface area contributed by atoms with Gasteiger partial charge in [0.25, 0.3) is 0 Å². The summed E-state index contributed by atoms with van der Waals surface area (Å²) in [6, 6.07) is 5.59. The molecule has 0 radical (unpaired) electrons. The molecule has 0 saturated carbocycles. The monoisotopic (exact) mass is 696 g/mol. The largest absolute Gasteiger partial charge is 0.337 e. The van der Waals surface area contributed by atoms with Crippen LogP contribution in [-0.2, 0) is 27.3 Å². The van der Waals surface area contributed by atoms with Crippen LogP contribution in [0.1, 0.15) is 125 Å². The smallest absolute Gasteiger partial charge is 0.221 e.